The summed E-state index contributed by atoms with van der Waals surface area (Å²) in [5, 5.41) is 4.44. The van der Waals surface area contributed by atoms with Crippen molar-refractivity contribution in [1.29, 1.82) is 0 Å². The van der Waals surface area contributed by atoms with Gasteiger partial charge in [-0.05, 0) is 44.5 Å². The van der Waals surface area contributed by atoms with Crippen molar-refractivity contribution in [2.45, 2.75) is 26.8 Å². The van der Waals surface area contributed by atoms with Crippen LogP contribution in [0, 0.1) is 12.7 Å². The van der Waals surface area contributed by atoms with E-state index in [0.717, 1.165) is 11.1 Å². The first kappa shape index (κ1) is 14.2. The second-order valence-electron chi connectivity index (χ2n) is 4.91. The summed E-state index contributed by atoms with van der Waals surface area (Å²) in [4.78, 5) is 11.6. The van der Waals surface area contributed by atoms with Gasteiger partial charge in [-0.15, -0.1) is 0 Å². The molecule has 0 bridgehead atoms. The third-order valence-corrected chi connectivity index (χ3v) is 3.13. The second-order valence-corrected chi connectivity index (χ2v) is 4.91. The number of methoxy groups -OCH3 is 1. The van der Waals surface area contributed by atoms with Crippen LogP contribution < -0.4 is 0 Å². The minimum atomic E-state index is -0.688. The first-order valence-electron chi connectivity index (χ1n) is 6.38. The van der Waals surface area contributed by atoms with E-state index in [0.29, 0.717) is 5.69 Å². The average Bonchev–Trinajstić information content (AvgIpc) is 2.87. The number of ether oxygens (including phenoxy) is 1. The summed E-state index contributed by atoms with van der Waals surface area (Å²) in [5.74, 6) is -1.27. The zero-order chi connectivity index (χ0) is 14.9. The number of esters is 1. The van der Waals surface area contributed by atoms with Gasteiger partial charge in [0, 0.05) is 17.8 Å². The molecule has 0 amide bonds. The van der Waals surface area contributed by atoms with Crippen molar-refractivity contribution in [3.8, 4) is 11.3 Å². The summed E-state index contributed by atoms with van der Waals surface area (Å²) in [6.07, 6.45) is 1.86. The van der Waals surface area contributed by atoms with Gasteiger partial charge in [0.2, 0.25) is 0 Å². The molecule has 0 aliphatic carbocycles. The molecule has 106 valence electrons. The molecule has 0 unspecified atom stereocenters. The number of hydrogen-bond acceptors (Lipinski definition) is 3. The number of carbonyl (C=O) groups is 1. The molecular weight excluding hydrogens is 259 g/mol. The minimum absolute atomic E-state index is 0.0767. The Kier molecular flexibility index (Phi) is 3.88. The number of aromatic nitrogens is 2. The molecule has 2 rings (SSSR count). The van der Waals surface area contributed by atoms with Crippen molar-refractivity contribution in [2.24, 2.45) is 0 Å². The lowest BCUT2D eigenvalue weighted by Crippen LogP contribution is -2.06. The Hall–Kier alpha value is -2.17. The van der Waals surface area contributed by atoms with E-state index < -0.39 is 11.8 Å². The Labute approximate surface area is 117 Å². The number of halogens is 1. The lowest BCUT2D eigenvalue weighted by molar-refractivity contribution is 0.0595. The number of benzene rings is 1. The van der Waals surface area contributed by atoms with Gasteiger partial charge in [-0.25, -0.2) is 9.18 Å². The molecule has 0 spiro atoms. The van der Waals surface area contributed by atoms with E-state index in [1.165, 1.54) is 19.2 Å². The van der Waals surface area contributed by atoms with Gasteiger partial charge in [-0.2, -0.15) is 5.10 Å². The van der Waals surface area contributed by atoms with Crippen molar-refractivity contribution >= 4 is 5.97 Å². The van der Waals surface area contributed by atoms with Gasteiger partial charge >= 0.3 is 5.97 Å². The summed E-state index contributed by atoms with van der Waals surface area (Å²) < 4.78 is 20.2. The molecule has 0 aliphatic heterocycles. The summed E-state index contributed by atoms with van der Waals surface area (Å²) >= 11 is 0. The number of nitrogens with zero attached hydrogens (tertiary/aromatic N) is 2. The maximum Gasteiger partial charge on any atom is 0.340 e. The van der Waals surface area contributed by atoms with Gasteiger partial charge in [0.1, 0.15) is 5.82 Å². The molecular formula is C15H17FN2O2. The highest BCUT2D eigenvalue weighted by Crippen LogP contribution is 2.26. The molecule has 0 saturated heterocycles. The van der Waals surface area contributed by atoms with E-state index in [2.05, 4.69) is 9.84 Å². The van der Waals surface area contributed by atoms with Crippen LogP contribution in [0.5, 0.6) is 0 Å². The summed E-state index contributed by atoms with van der Waals surface area (Å²) in [6.45, 7) is 5.83. The van der Waals surface area contributed by atoms with Crippen LogP contribution in [0.3, 0.4) is 0 Å². The second kappa shape index (κ2) is 5.45. The van der Waals surface area contributed by atoms with Crippen LogP contribution in [-0.4, -0.2) is 22.9 Å². The Morgan fingerprint density at radius 1 is 1.40 bits per heavy atom. The van der Waals surface area contributed by atoms with Crippen LogP contribution >= 0.6 is 0 Å². The topological polar surface area (TPSA) is 44.1 Å². The van der Waals surface area contributed by atoms with Crippen molar-refractivity contribution in [3.63, 3.8) is 0 Å². The van der Waals surface area contributed by atoms with Gasteiger partial charge in [-0.1, -0.05) is 0 Å². The maximum atomic E-state index is 13.8. The van der Waals surface area contributed by atoms with Crippen LogP contribution in [0.2, 0.25) is 0 Å². The molecule has 1 aromatic heterocycles. The average molecular weight is 276 g/mol. The fourth-order valence-electron chi connectivity index (χ4n) is 1.98. The highest BCUT2D eigenvalue weighted by Gasteiger charge is 2.17. The fraction of sp³-hybridized carbons (Fsp3) is 0.333. The summed E-state index contributed by atoms with van der Waals surface area (Å²) in [5.41, 5.74) is 2.09. The predicted octanol–water partition coefficient (Wildman–Crippen LogP) is 3.37. The molecule has 2 aromatic rings. The van der Waals surface area contributed by atoms with Crippen molar-refractivity contribution in [3.05, 3.63) is 41.3 Å². The highest BCUT2D eigenvalue weighted by molar-refractivity contribution is 5.91. The zero-order valence-corrected chi connectivity index (χ0v) is 12.0. The molecule has 0 saturated carbocycles. The number of rotatable bonds is 3. The first-order valence-corrected chi connectivity index (χ1v) is 6.38. The van der Waals surface area contributed by atoms with E-state index in [1.54, 1.807) is 6.92 Å². The van der Waals surface area contributed by atoms with Crippen molar-refractivity contribution < 1.29 is 13.9 Å². The van der Waals surface area contributed by atoms with Crippen LogP contribution in [0.4, 0.5) is 4.39 Å². The minimum Gasteiger partial charge on any atom is -0.465 e. The molecule has 0 aliphatic rings. The number of aryl methyl sites for hydroxylation is 1. The predicted molar refractivity (Wildman–Crippen MR) is 74.1 cm³/mol. The van der Waals surface area contributed by atoms with Gasteiger partial charge in [0.05, 0.1) is 18.4 Å². The van der Waals surface area contributed by atoms with E-state index in [1.807, 2.05) is 30.8 Å². The fourth-order valence-corrected chi connectivity index (χ4v) is 1.98. The standard InChI is InChI=1S/C15H17FN2O2/c1-9(2)18-6-5-14(17-18)11-8-12(15(19)20-4)13(16)7-10(11)3/h5-9H,1-4H3. The molecule has 1 heterocycles. The van der Waals surface area contributed by atoms with Crippen LogP contribution in [0.25, 0.3) is 11.3 Å². The maximum absolute atomic E-state index is 13.8. The summed E-state index contributed by atoms with van der Waals surface area (Å²) in [6, 6.07) is 4.91. The Balaban J connectivity index is 2.52. The summed E-state index contributed by atoms with van der Waals surface area (Å²) in [7, 11) is 1.23. The van der Waals surface area contributed by atoms with E-state index in [4.69, 9.17) is 0 Å². The van der Waals surface area contributed by atoms with E-state index in [-0.39, 0.29) is 11.6 Å². The SMILES string of the molecule is COC(=O)c1cc(-c2ccn(C(C)C)n2)c(C)cc1F. The molecule has 20 heavy (non-hydrogen) atoms. The van der Waals surface area contributed by atoms with Crippen molar-refractivity contribution in [2.75, 3.05) is 7.11 Å². The zero-order valence-electron chi connectivity index (χ0n) is 12.0. The first-order chi connectivity index (χ1) is 9.43. The van der Waals surface area contributed by atoms with E-state index >= 15 is 0 Å². The molecule has 5 heteroatoms. The third kappa shape index (κ3) is 2.57. The van der Waals surface area contributed by atoms with Gasteiger partial charge in [0.15, 0.2) is 0 Å². The molecule has 0 radical (unpaired) electrons. The Morgan fingerprint density at radius 3 is 2.65 bits per heavy atom. The monoisotopic (exact) mass is 276 g/mol. The Morgan fingerprint density at radius 2 is 2.10 bits per heavy atom. The normalized spacial score (nSPS) is 10.9. The number of hydrogen-bond donors (Lipinski definition) is 0. The lowest BCUT2D eigenvalue weighted by Gasteiger charge is -2.08. The molecule has 4 nitrogen and oxygen atoms in total. The third-order valence-electron chi connectivity index (χ3n) is 3.13. The van der Waals surface area contributed by atoms with E-state index in [9.17, 15) is 9.18 Å². The van der Waals surface area contributed by atoms with Gasteiger partial charge in [-0.3, -0.25) is 4.68 Å². The molecule has 0 N–H and O–H groups in total. The smallest absolute Gasteiger partial charge is 0.340 e. The Bertz CT molecular complexity index is 647. The van der Waals surface area contributed by atoms with Gasteiger partial charge < -0.3 is 4.74 Å². The molecule has 1 aromatic carbocycles. The van der Waals surface area contributed by atoms with Crippen LogP contribution in [0.1, 0.15) is 35.8 Å². The molecule has 0 fully saturated rings. The number of carbonyl (C=O) groups excluding carboxylic acids is 1. The van der Waals surface area contributed by atoms with Gasteiger partial charge in [0.25, 0.3) is 0 Å². The molecule has 0 atom stereocenters. The quantitative estimate of drug-likeness (QED) is 0.807. The largest absolute Gasteiger partial charge is 0.465 e. The highest BCUT2D eigenvalue weighted by atomic mass is 19.1. The lowest BCUT2D eigenvalue weighted by atomic mass is 10.0. The van der Waals surface area contributed by atoms with Crippen LogP contribution in [0.15, 0.2) is 24.4 Å². The van der Waals surface area contributed by atoms with Crippen LogP contribution in [-0.2, 0) is 4.74 Å². The van der Waals surface area contributed by atoms with Crippen molar-refractivity contribution in [1.82, 2.24) is 9.78 Å².